The van der Waals surface area contributed by atoms with E-state index in [0.29, 0.717) is 13.1 Å². The number of aryl methyl sites for hydroxylation is 1. The van der Waals surface area contributed by atoms with Crippen molar-refractivity contribution in [2.75, 3.05) is 18.4 Å². The number of nitrogens with one attached hydrogen (secondary N) is 1. The summed E-state index contributed by atoms with van der Waals surface area (Å²) >= 11 is 1.04. The van der Waals surface area contributed by atoms with Gasteiger partial charge in [0, 0.05) is 13.1 Å². The molecule has 0 unspecified atom stereocenters. The van der Waals surface area contributed by atoms with Crippen LogP contribution in [0.3, 0.4) is 0 Å². The fourth-order valence-electron chi connectivity index (χ4n) is 2.81. The number of carbonyl (C=O) groups excluding carboxylic acids is 1. The monoisotopic (exact) mass is 382 g/mol. The Bertz CT molecular complexity index is 887. The summed E-state index contributed by atoms with van der Waals surface area (Å²) in [5.41, 5.74) is 0.769. The second-order valence-corrected chi connectivity index (χ2v) is 8.84. The first kappa shape index (κ1) is 18.0. The van der Waals surface area contributed by atoms with E-state index in [4.69, 9.17) is 0 Å². The highest BCUT2D eigenvalue weighted by Crippen LogP contribution is 2.28. The Labute approximate surface area is 150 Å². The van der Waals surface area contributed by atoms with Gasteiger partial charge in [-0.1, -0.05) is 12.5 Å². The fourth-order valence-corrected chi connectivity index (χ4v) is 5.62. The number of nitrogens with zero attached hydrogens (tertiary/aromatic N) is 1. The first-order valence-corrected chi connectivity index (χ1v) is 10.4. The minimum absolute atomic E-state index is 0.00980. The summed E-state index contributed by atoms with van der Waals surface area (Å²) in [5.74, 6) is -1.17. The minimum Gasteiger partial charge on any atom is -0.319 e. The molecule has 1 fully saturated rings. The van der Waals surface area contributed by atoms with Crippen LogP contribution in [0.1, 0.15) is 34.5 Å². The van der Waals surface area contributed by atoms with Crippen LogP contribution in [0.5, 0.6) is 0 Å². The van der Waals surface area contributed by atoms with E-state index >= 15 is 0 Å². The maximum atomic E-state index is 13.9. The van der Waals surface area contributed by atoms with E-state index in [1.165, 1.54) is 22.5 Å². The number of hydrogen-bond donors (Lipinski definition) is 1. The predicted molar refractivity (Wildman–Crippen MR) is 96.0 cm³/mol. The molecule has 1 aliphatic heterocycles. The van der Waals surface area contributed by atoms with Crippen molar-refractivity contribution in [2.24, 2.45) is 0 Å². The number of amides is 1. The average molecular weight is 382 g/mol. The molecular formula is C17H19FN2O3S2. The lowest BCUT2D eigenvalue weighted by molar-refractivity contribution is 0.102. The Hall–Kier alpha value is -1.77. The van der Waals surface area contributed by atoms with E-state index in [-0.39, 0.29) is 15.5 Å². The zero-order valence-electron chi connectivity index (χ0n) is 13.8. The molecule has 0 aliphatic carbocycles. The number of sulfonamides is 1. The Morgan fingerprint density at radius 3 is 2.60 bits per heavy atom. The molecule has 1 saturated heterocycles. The topological polar surface area (TPSA) is 66.5 Å². The van der Waals surface area contributed by atoms with Crippen LogP contribution in [-0.4, -0.2) is 31.7 Å². The van der Waals surface area contributed by atoms with Gasteiger partial charge in [0.1, 0.15) is 15.6 Å². The molecule has 3 rings (SSSR count). The van der Waals surface area contributed by atoms with Gasteiger partial charge in [-0.25, -0.2) is 12.8 Å². The fraction of sp³-hybridized carbons (Fsp3) is 0.353. The smallest absolute Gasteiger partial charge is 0.267 e. The Morgan fingerprint density at radius 2 is 1.92 bits per heavy atom. The van der Waals surface area contributed by atoms with Gasteiger partial charge < -0.3 is 5.32 Å². The molecule has 0 bridgehead atoms. The molecule has 5 nitrogen and oxygen atoms in total. The van der Waals surface area contributed by atoms with Gasteiger partial charge in [-0.15, -0.1) is 11.3 Å². The SMILES string of the molecule is Cc1ccc(NC(=O)c2sccc2S(=O)(=O)N2CCCCC2)c(F)c1. The van der Waals surface area contributed by atoms with Crippen LogP contribution < -0.4 is 5.32 Å². The normalized spacial score (nSPS) is 15.9. The molecular weight excluding hydrogens is 363 g/mol. The largest absolute Gasteiger partial charge is 0.319 e. The molecule has 2 heterocycles. The van der Waals surface area contributed by atoms with E-state index in [0.717, 1.165) is 36.2 Å². The predicted octanol–water partition coefficient (Wildman–Crippen LogP) is 3.62. The zero-order valence-corrected chi connectivity index (χ0v) is 15.4. The quantitative estimate of drug-likeness (QED) is 0.878. The molecule has 1 aromatic heterocycles. The zero-order chi connectivity index (χ0) is 18.0. The molecule has 1 aliphatic rings. The van der Waals surface area contributed by atoms with Crippen molar-refractivity contribution in [3.63, 3.8) is 0 Å². The van der Waals surface area contributed by atoms with Gasteiger partial charge in [-0.2, -0.15) is 4.31 Å². The summed E-state index contributed by atoms with van der Waals surface area (Å²) in [6.45, 7) is 2.68. The van der Waals surface area contributed by atoms with Crippen molar-refractivity contribution >= 4 is 33.0 Å². The molecule has 134 valence electrons. The Morgan fingerprint density at radius 1 is 1.20 bits per heavy atom. The molecule has 25 heavy (non-hydrogen) atoms. The van der Waals surface area contributed by atoms with Crippen LogP contribution in [-0.2, 0) is 10.0 Å². The number of halogens is 1. The first-order chi connectivity index (χ1) is 11.9. The van der Waals surface area contributed by atoms with Crippen LogP contribution in [0.4, 0.5) is 10.1 Å². The highest BCUT2D eigenvalue weighted by molar-refractivity contribution is 7.89. The number of hydrogen-bond acceptors (Lipinski definition) is 4. The van der Waals surface area contributed by atoms with Crippen LogP contribution in [0.15, 0.2) is 34.5 Å². The molecule has 0 spiro atoms. The summed E-state index contributed by atoms with van der Waals surface area (Å²) in [7, 11) is -3.71. The van der Waals surface area contributed by atoms with Gasteiger partial charge >= 0.3 is 0 Å². The second kappa shape index (κ2) is 7.23. The lowest BCUT2D eigenvalue weighted by Crippen LogP contribution is -2.36. The van der Waals surface area contributed by atoms with Crippen molar-refractivity contribution in [3.8, 4) is 0 Å². The molecule has 0 atom stereocenters. The van der Waals surface area contributed by atoms with Crippen LogP contribution in [0.2, 0.25) is 0 Å². The lowest BCUT2D eigenvalue weighted by atomic mass is 10.2. The van der Waals surface area contributed by atoms with Gasteiger partial charge in [0.2, 0.25) is 10.0 Å². The summed E-state index contributed by atoms with van der Waals surface area (Å²) in [4.78, 5) is 12.6. The minimum atomic E-state index is -3.71. The summed E-state index contributed by atoms with van der Waals surface area (Å²) in [5, 5.41) is 4.04. The molecule has 1 aromatic carbocycles. The first-order valence-electron chi connectivity index (χ1n) is 8.05. The van der Waals surface area contributed by atoms with Crippen LogP contribution >= 0.6 is 11.3 Å². The van der Waals surface area contributed by atoms with Crippen molar-refractivity contribution < 1.29 is 17.6 Å². The van der Waals surface area contributed by atoms with E-state index < -0.39 is 21.7 Å². The van der Waals surface area contributed by atoms with E-state index in [9.17, 15) is 17.6 Å². The molecule has 8 heteroatoms. The van der Waals surface area contributed by atoms with Crippen LogP contribution in [0, 0.1) is 12.7 Å². The molecule has 0 saturated carbocycles. The number of anilines is 1. The molecule has 1 N–H and O–H groups in total. The molecule has 2 aromatic rings. The van der Waals surface area contributed by atoms with E-state index in [2.05, 4.69) is 5.32 Å². The average Bonchev–Trinajstić information content (AvgIpc) is 3.09. The summed E-state index contributed by atoms with van der Waals surface area (Å²) in [6, 6.07) is 5.90. The third-order valence-corrected chi connectivity index (χ3v) is 7.12. The van der Waals surface area contributed by atoms with Crippen molar-refractivity contribution in [3.05, 3.63) is 45.9 Å². The van der Waals surface area contributed by atoms with E-state index in [1.54, 1.807) is 18.4 Å². The van der Waals surface area contributed by atoms with Crippen molar-refractivity contribution in [1.82, 2.24) is 4.31 Å². The maximum absolute atomic E-state index is 13.9. The second-order valence-electron chi connectivity index (χ2n) is 6.02. The highest BCUT2D eigenvalue weighted by atomic mass is 32.2. The van der Waals surface area contributed by atoms with Crippen molar-refractivity contribution in [2.45, 2.75) is 31.1 Å². The lowest BCUT2D eigenvalue weighted by Gasteiger charge is -2.25. The third-order valence-electron chi connectivity index (χ3n) is 4.14. The summed E-state index contributed by atoms with van der Waals surface area (Å²) < 4.78 is 41.0. The maximum Gasteiger partial charge on any atom is 0.267 e. The Kier molecular flexibility index (Phi) is 5.21. The van der Waals surface area contributed by atoms with E-state index in [1.807, 2.05) is 0 Å². The van der Waals surface area contributed by atoms with Gasteiger partial charge in [0.25, 0.3) is 5.91 Å². The van der Waals surface area contributed by atoms with Gasteiger partial charge in [0.15, 0.2) is 0 Å². The van der Waals surface area contributed by atoms with Gasteiger partial charge in [0.05, 0.1) is 5.69 Å². The number of rotatable bonds is 4. The Balaban J connectivity index is 1.86. The van der Waals surface area contributed by atoms with Gasteiger partial charge in [-0.05, 0) is 48.9 Å². The standard InChI is InChI=1S/C17H19FN2O3S2/c1-12-5-6-14(13(18)11-12)19-17(21)16-15(7-10-24-16)25(22,23)20-8-3-2-4-9-20/h5-7,10-11H,2-4,8-9H2,1H3,(H,19,21). The summed E-state index contributed by atoms with van der Waals surface area (Å²) in [6.07, 6.45) is 2.65. The number of carbonyl (C=O) groups is 1. The number of benzene rings is 1. The molecule has 1 amide bonds. The third kappa shape index (κ3) is 3.75. The van der Waals surface area contributed by atoms with Crippen LogP contribution in [0.25, 0.3) is 0 Å². The molecule has 0 radical (unpaired) electrons. The number of thiophene rings is 1. The number of piperidine rings is 1. The van der Waals surface area contributed by atoms with Crippen molar-refractivity contribution in [1.29, 1.82) is 0 Å². The highest BCUT2D eigenvalue weighted by Gasteiger charge is 2.31. The van der Waals surface area contributed by atoms with Gasteiger partial charge in [-0.3, -0.25) is 4.79 Å².